The first-order valence-electron chi connectivity index (χ1n) is 9.15. The molecule has 1 aliphatic heterocycles. The van der Waals surface area contributed by atoms with Gasteiger partial charge in [0.15, 0.2) is 0 Å². The van der Waals surface area contributed by atoms with E-state index < -0.39 is 5.41 Å². The lowest BCUT2D eigenvalue weighted by molar-refractivity contribution is -0.144. The predicted octanol–water partition coefficient (Wildman–Crippen LogP) is 2.17. The van der Waals surface area contributed by atoms with Gasteiger partial charge in [0, 0.05) is 38.4 Å². The van der Waals surface area contributed by atoms with Gasteiger partial charge in [0.05, 0.1) is 0 Å². The van der Waals surface area contributed by atoms with Gasteiger partial charge in [-0.05, 0) is 43.5 Å². The quantitative estimate of drug-likeness (QED) is 0.634. The Morgan fingerprint density at radius 1 is 1.12 bits per heavy atom. The molecule has 2 fully saturated rings. The second-order valence-corrected chi connectivity index (χ2v) is 6.95. The molecule has 0 atom stereocenters. The number of benzene rings is 1. The minimum Gasteiger partial charge on any atom is -0.368 e. The lowest BCUT2D eigenvalue weighted by atomic mass is 10.0. The van der Waals surface area contributed by atoms with Crippen molar-refractivity contribution < 1.29 is 14.0 Å². The molecule has 3 rings (SSSR count). The highest BCUT2D eigenvalue weighted by atomic mass is 19.1. The van der Waals surface area contributed by atoms with E-state index in [0.717, 1.165) is 18.5 Å². The van der Waals surface area contributed by atoms with Crippen molar-refractivity contribution in [1.82, 2.24) is 10.2 Å². The number of hydrogen-bond acceptors (Lipinski definition) is 3. The summed E-state index contributed by atoms with van der Waals surface area (Å²) in [4.78, 5) is 29.2. The van der Waals surface area contributed by atoms with Crippen LogP contribution in [0, 0.1) is 11.2 Å². The Hall–Kier alpha value is -2.11. The molecule has 0 aromatic heterocycles. The summed E-state index contributed by atoms with van der Waals surface area (Å²) in [6, 6.07) is 6.42. The molecule has 1 aromatic rings. The lowest BCUT2D eigenvalue weighted by Crippen LogP contribution is -2.53. The maximum absolute atomic E-state index is 13.0. The minimum absolute atomic E-state index is 0.0275. The van der Waals surface area contributed by atoms with Gasteiger partial charge in [-0.25, -0.2) is 4.39 Å². The van der Waals surface area contributed by atoms with Gasteiger partial charge in [-0.1, -0.05) is 13.3 Å². The highest BCUT2D eigenvalue weighted by molar-refractivity contribution is 6.07. The van der Waals surface area contributed by atoms with Gasteiger partial charge >= 0.3 is 0 Å². The molecule has 0 unspecified atom stereocenters. The number of carbonyl (C=O) groups excluding carboxylic acids is 2. The summed E-state index contributed by atoms with van der Waals surface area (Å²) < 4.78 is 13.0. The Morgan fingerprint density at radius 3 is 2.32 bits per heavy atom. The van der Waals surface area contributed by atoms with Gasteiger partial charge in [0.25, 0.3) is 0 Å². The standard InChI is InChI=1S/C19H26FN3O2/c1-2-3-10-21-17(24)19(8-9-19)18(25)23-13-11-22(12-14-23)16-6-4-15(20)5-7-16/h4-7H,2-3,8-14H2,1H3,(H,21,24). The zero-order chi connectivity index (χ0) is 17.9. The average Bonchev–Trinajstić information content (AvgIpc) is 3.44. The van der Waals surface area contributed by atoms with Crippen LogP contribution in [0.2, 0.25) is 0 Å². The molecule has 2 amide bonds. The Balaban J connectivity index is 1.54. The lowest BCUT2D eigenvalue weighted by Gasteiger charge is -2.37. The Kier molecular flexibility index (Phi) is 5.25. The van der Waals surface area contributed by atoms with Crippen LogP contribution in [-0.2, 0) is 9.59 Å². The van der Waals surface area contributed by atoms with Crippen molar-refractivity contribution in [1.29, 1.82) is 0 Å². The van der Waals surface area contributed by atoms with Crippen LogP contribution < -0.4 is 10.2 Å². The molecule has 2 aliphatic rings. The molecule has 25 heavy (non-hydrogen) atoms. The summed E-state index contributed by atoms with van der Waals surface area (Å²) in [5.74, 6) is -0.380. The second kappa shape index (κ2) is 7.42. The first-order chi connectivity index (χ1) is 12.1. The van der Waals surface area contributed by atoms with Crippen molar-refractivity contribution >= 4 is 17.5 Å². The van der Waals surface area contributed by atoms with E-state index in [-0.39, 0.29) is 17.6 Å². The highest BCUT2D eigenvalue weighted by Crippen LogP contribution is 2.47. The summed E-state index contributed by atoms with van der Waals surface area (Å²) in [5.41, 5.74) is 0.151. The van der Waals surface area contributed by atoms with Crippen LogP contribution in [0.5, 0.6) is 0 Å². The first-order valence-corrected chi connectivity index (χ1v) is 9.15. The van der Waals surface area contributed by atoms with E-state index in [4.69, 9.17) is 0 Å². The van der Waals surface area contributed by atoms with Crippen molar-refractivity contribution in [3.63, 3.8) is 0 Å². The van der Waals surface area contributed by atoms with E-state index in [1.54, 1.807) is 12.1 Å². The summed E-state index contributed by atoms with van der Waals surface area (Å²) in [5, 5.41) is 2.91. The van der Waals surface area contributed by atoms with E-state index in [9.17, 15) is 14.0 Å². The number of hydrogen-bond donors (Lipinski definition) is 1. The monoisotopic (exact) mass is 347 g/mol. The number of carbonyl (C=O) groups is 2. The summed E-state index contributed by atoms with van der Waals surface area (Å²) in [7, 11) is 0. The first kappa shape index (κ1) is 17.7. The molecule has 0 spiro atoms. The van der Waals surface area contributed by atoms with Crippen LogP contribution in [-0.4, -0.2) is 49.4 Å². The van der Waals surface area contributed by atoms with E-state index in [1.165, 1.54) is 12.1 Å². The molecule has 0 radical (unpaired) electrons. The third kappa shape index (κ3) is 3.78. The van der Waals surface area contributed by atoms with Crippen molar-refractivity contribution in [2.24, 2.45) is 5.41 Å². The highest BCUT2D eigenvalue weighted by Gasteiger charge is 2.57. The fourth-order valence-corrected chi connectivity index (χ4v) is 3.33. The minimum atomic E-state index is -0.814. The third-order valence-electron chi connectivity index (χ3n) is 5.17. The zero-order valence-electron chi connectivity index (χ0n) is 14.8. The van der Waals surface area contributed by atoms with Gasteiger partial charge < -0.3 is 15.1 Å². The van der Waals surface area contributed by atoms with Gasteiger partial charge in [-0.2, -0.15) is 0 Å². The molecule has 1 saturated heterocycles. The number of piperazine rings is 1. The van der Waals surface area contributed by atoms with E-state index in [2.05, 4.69) is 17.1 Å². The Labute approximate surface area is 148 Å². The number of nitrogens with zero attached hydrogens (tertiary/aromatic N) is 2. The maximum Gasteiger partial charge on any atom is 0.238 e. The Bertz CT molecular complexity index is 620. The van der Waals surface area contributed by atoms with Crippen LogP contribution in [0.25, 0.3) is 0 Å². The summed E-state index contributed by atoms with van der Waals surface area (Å²) >= 11 is 0. The van der Waals surface area contributed by atoms with Crippen molar-refractivity contribution in [3.05, 3.63) is 30.1 Å². The van der Waals surface area contributed by atoms with E-state index >= 15 is 0 Å². The van der Waals surface area contributed by atoms with Gasteiger partial charge in [-0.3, -0.25) is 9.59 Å². The summed E-state index contributed by atoms with van der Waals surface area (Å²) in [6.07, 6.45) is 3.27. The van der Waals surface area contributed by atoms with Crippen molar-refractivity contribution in [2.45, 2.75) is 32.6 Å². The van der Waals surface area contributed by atoms with E-state index in [0.29, 0.717) is 45.6 Å². The normalized spacial score (nSPS) is 18.8. The number of amides is 2. The fourth-order valence-electron chi connectivity index (χ4n) is 3.33. The predicted molar refractivity (Wildman–Crippen MR) is 94.8 cm³/mol. The maximum atomic E-state index is 13.0. The smallest absolute Gasteiger partial charge is 0.238 e. The zero-order valence-corrected chi connectivity index (χ0v) is 14.8. The molecular weight excluding hydrogens is 321 g/mol. The number of halogens is 1. The second-order valence-electron chi connectivity index (χ2n) is 6.95. The van der Waals surface area contributed by atoms with E-state index in [1.807, 2.05) is 4.90 Å². The SMILES string of the molecule is CCCCNC(=O)C1(C(=O)N2CCN(c3ccc(F)cc3)CC2)CC1. The van der Waals surface area contributed by atoms with Gasteiger partial charge in [0.2, 0.25) is 11.8 Å². The Morgan fingerprint density at radius 2 is 1.76 bits per heavy atom. The third-order valence-corrected chi connectivity index (χ3v) is 5.17. The molecule has 1 N–H and O–H groups in total. The fraction of sp³-hybridized carbons (Fsp3) is 0.579. The van der Waals surface area contributed by atoms with Crippen molar-refractivity contribution in [2.75, 3.05) is 37.6 Å². The van der Waals surface area contributed by atoms with Crippen LogP contribution in [0.4, 0.5) is 10.1 Å². The molecule has 1 saturated carbocycles. The molecule has 1 aliphatic carbocycles. The number of rotatable bonds is 6. The van der Waals surface area contributed by atoms with Gasteiger partial charge in [-0.15, -0.1) is 0 Å². The van der Waals surface area contributed by atoms with Crippen molar-refractivity contribution in [3.8, 4) is 0 Å². The number of unbranched alkanes of at least 4 members (excludes halogenated alkanes) is 1. The molecule has 0 bridgehead atoms. The average molecular weight is 347 g/mol. The largest absolute Gasteiger partial charge is 0.368 e. The van der Waals surface area contributed by atoms with Crippen LogP contribution in [0.1, 0.15) is 32.6 Å². The number of anilines is 1. The van der Waals surface area contributed by atoms with Crippen LogP contribution in [0.15, 0.2) is 24.3 Å². The number of nitrogens with one attached hydrogen (secondary N) is 1. The van der Waals surface area contributed by atoms with Crippen LogP contribution >= 0.6 is 0 Å². The van der Waals surface area contributed by atoms with Crippen LogP contribution in [0.3, 0.4) is 0 Å². The molecule has 1 heterocycles. The molecule has 5 nitrogen and oxygen atoms in total. The molecule has 6 heteroatoms. The topological polar surface area (TPSA) is 52.7 Å². The molecular formula is C19H26FN3O2. The van der Waals surface area contributed by atoms with Gasteiger partial charge in [0.1, 0.15) is 11.2 Å². The summed E-state index contributed by atoms with van der Waals surface area (Å²) in [6.45, 7) is 5.31. The molecule has 136 valence electrons. The molecule has 1 aromatic carbocycles.